The molecule has 2 heterocycles. The van der Waals surface area contributed by atoms with Gasteiger partial charge in [0, 0.05) is 24.3 Å². The Hall–Kier alpha value is -2.32. The third-order valence-electron chi connectivity index (χ3n) is 5.31. The summed E-state index contributed by atoms with van der Waals surface area (Å²) < 4.78 is 10.6. The maximum absolute atomic E-state index is 12.7. The monoisotopic (exact) mass is 377 g/mol. The van der Waals surface area contributed by atoms with Gasteiger partial charge in [0.1, 0.15) is 0 Å². The highest BCUT2D eigenvalue weighted by Gasteiger charge is 2.27. The Labute approximate surface area is 159 Å². The summed E-state index contributed by atoms with van der Waals surface area (Å²) >= 11 is 0. The summed E-state index contributed by atoms with van der Waals surface area (Å²) in [6, 6.07) is 5.33. The van der Waals surface area contributed by atoms with Gasteiger partial charge in [0.05, 0.1) is 12.6 Å². The number of benzene rings is 1. The van der Waals surface area contributed by atoms with Gasteiger partial charge < -0.3 is 19.9 Å². The van der Waals surface area contributed by atoms with Crippen LogP contribution in [0.15, 0.2) is 18.2 Å². The minimum absolute atomic E-state index is 0.0464. The van der Waals surface area contributed by atoms with Crippen LogP contribution in [-0.4, -0.2) is 72.3 Å². The van der Waals surface area contributed by atoms with Crippen LogP contribution in [0.4, 0.5) is 5.69 Å². The Kier molecular flexibility index (Phi) is 6.18. The molecule has 0 radical (unpaired) electrons. The lowest BCUT2D eigenvalue weighted by molar-refractivity contribution is -0.138. The number of carbonyl (C=O) groups excluding carboxylic acids is 1. The number of hydrogen-bond donors (Lipinski definition) is 2. The summed E-state index contributed by atoms with van der Waals surface area (Å²) in [4.78, 5) is 27.7. The van der Waals surface area contributed by atoms with Crippen molar-refractivity contribution in [2.75, 3.05) is 38.8 Å². The van der Waals surface area contributed by atoms with E-state index in [1.165, 1.54) is 0 Å². The first-order valence-electron chi connectivity index (χ1n) is 9.30. The molecule has 1 aromatic carbocycles. The minimum Gasteiger partial charge on any atom is -0.480 e. The van der Waals surface area contributed by atoms with Crippen LogP contribution in [0.3, 0.4) is 0 Å². The van der Waals surface area contributed by atoms with Crippen molar-refractivity contribution < 1.29 is 24.2 Å². The molecule has 2 unspecified atom stereocenters. The first kappa shape index (κ1) is 19.4. The lowest BCUT2D eigenvalue weighted by atomic mass is 10.1. The maximum Gasteiger partial charge on any atom is 0.317 e. The lowest BCUT2D eigenvalue weighted by Gasteiger charge is -2.28. The second kappa shape index (κ2) is 8.58. The number of carbonyl (C=O) groups is 2. The zero-order chi connectivity index (χ0) is 19.4. The Bertz CT molecular complexity index is 696. The van der Waals surface area contributed by atoms with Crippen LogP contribution in [0.5, 0.6) is 11.5 Å². The lowest BCUT2D eigenvalue weighted by Crippen LogP contribution is -2.43. The third-order valence-corrected chi connectivity index (χ3v) is 5.31. The zero-order valence-electron chi connectivity index (χ0n) is 15.8. The number of ether oxygens (including phenoxy) is 2. The van der Waals surface area contributed by atoms with Crippen molar-refractivity contribution in [3.8, 4) is 11.5 Å². The van der Waals surface area contributed by atoms with Crippen LogP contribution < -0.4 is 14.8 Å². The van der Waals surface area contributed by atoms with Gasteiger partial charge in [0.25, 0.3) is 0 Å². The van der Waals surface area contributed by atoms with Crippen LogP contribution in [0.2, 0.25) is 0 Å². The smallest absolute Gasteiger partial charge is 0.317 e. The fourth-order valence-electron chi connectivity index (χ4n) is 3.66. The van der Waals surface area contributed by atoms with Gasteiger partial charge in [-0.3, -0.25) is 19.4 Å². The summed E-state index contributed by atoms with van der Waals surface area (Å²) in [6.07, 6.45) is 2.73. The Morgan fingerprint density at radius 1 is 1.30 bits per heavy atom. The van der Waals surface area contributed by atoms with Gasteiger partial charge in [0.15, 0.2) is 11.5 Å². The molecule has 0 aliphatic carbocycles. The molecule has 148 valence electrons. The highest BCUT2D eigenvalue weighted by atomic mass is 16.7. The van der Waals surface area contributed by atoms with Crippen molar-refractivity contribution in [2.45, 2.75) is 38.3 Å². The average molecular weight is 377 g/mol. The standard InChI is InChI=1S/C19H27N3O5/c1-13(19(25)20-14-5-6-16-17(10-14)27-12-26-16)22-8-3-4-15(7-9-22)21(2)11-18(23)24/h5-6,10,13,15H,3-4,7-9,11-12H2,1-2H3,(H,20,25)(H,23,24). The van der Waals surface area contributed by atoms with Gasteiger partial charge in [-0.25, -0.2) is 0 Å². The number of nitrogens with zero attached hydrogens (tertiary/aromatic N) is 2. The van der Waals surface area contributed by atoms with E-state index in [4.69, 9.17) is 14.6 Å². The van der Waals surface area contributed by atoms with E-state index in [2.05, 4.69) is 10.2 Å². The molecular weight excluding hydrogens is 350 g/mol. The van der Waals surface area contributed by atoms with Crippen molar-refractivity contribution in [1.82, 2.24) is 9.80 Å². The fourth-order valence-corrected chi connectivity index (χ4v) is 3.66. The molecule has 2 atom stereocenters. The molecule has 0 bridgehead atoms. The molecule has 8 heteroatoms. The number of anilines is 1. The molecule has 2 aliphatic heterocycles. The number of rotatable bonds is 6. The van der Waals surface area contributed by atoms with Gasteiger partial charge in [-0.15, -0.1) is 0 Å². The number of amides is 1. The number of hydrogen-bond acceptors (Lipinski definition) is 6. The molecule has 0 spiro atoms. The summed E-state index contributed by atoms with van der Waals surface area (Å²) in [5.74, 6) is 0.450. The highest BCUT2D eigenvalue weighted by molar-refractivity contribution is 5.94. The van der Waals surface area contributed by atoms with E-state index >= 15 is 0 Å². The summed E-state index contributed by atoms with van der Waals surface area (Å²) in [6.45, 7) is 3.75. The number of likely N-dealkylation sites (N-methyl/N-ethyl adjacent to an activating group) is 1. The molecule has 2 aliphatic rings. The van der Waals surface area contributed by atoms with Crippen molar-refractivity contribution >= 4 is 17.6 Å². The van der Waals surface area contributed by atoms with E-state index in [0.717, 1.165) is 32.4 Å². The van der Waals surface area contributed by atoms with E-state index < -0.39 is 5.97 Å². The molecule has 8 nitrogen and oxygen atoms in total. The number of nitrogens with one attached hydrogen (secondary N) is 1. The topological polar surface area (TPSA) is 91.3 Å². The second-order valence-electron chi connectivity index (χ2n) is 7.16. The fraction of sp³-hybridized carbons (Fsp3) is 0.579. The molecule has 1 aromatic rings. The SMILES string of the molecule is CC(C(=O)Nc1ccc2c(c1)OCO2)N1CCCC(N(C)CC(=O)O)CC1. The summed E-state index contributed by atoms with van der Waals surface area (Å²) in [5, 5.41) is 11.9. The molecule has 2 N–H and O–H groups in total. The minimum atomic E-state index is -0.810. The maximum atomic E-state index is 12.7. The van der Waals surface area contributed by atoms with Crippen LogP contribution in [-0.2, 0) is 9.59 Å². The Morgan fingerprint density at radius 3 is 2.85 bits per heavy atom. The molecule has 1 saturated heterocycles. The average Bonchev–Trinajstić information content (AvgIpc) is 2.94. The normalized spacial score (nSPS) is 20.9. The highest BCUT2D eigenvalue weighted by Crippen LogP contribution is 2.34. The van der Waals surface area contributed by atoms with Crippen LogP contribution >= 0.6 is 0 Å². The molecule has 27 heavy (non-hydrogen) atoms. The van der Waals surface area contributed by atoms with Gasteiger partial charge in [-0.05, 0) is 51.9 Å². The molecule has 1 fully saturated rings. The molecule has 3 rings (SSSR count). The number of carboxylic acids is 1. The Balaban J connectivity index is 1.54. The van der Waals surface area contributed by atoms with Crippen molar-refractivity contribution in [2.24, 2.45) is 0 Å². The molecule has 0 saturated carbocycles. The van der Waals surface area contributed by atoms with E-state index in [-0.39, 0.29) is 31.3 Å². The second-order valence-corrected chi connectivity index (χ2v) is 7.16. The largest absolute Gasteiger partial charge is 0.480 e. The van der Waals surface area contributed by atoms with Crippen molar-refractivity contribution in [3.05, 3.63) is 18.2 Å². The number of likely N-dealkylation sites (tertiary alicyclic amines) is 1. The van der Waals surface area contributed by atoms with E-state index in [1.54, 1.807) is 18.2 Å². The van der Waals surface area contributed by atoms with E-state index in [1.807, 2.05) is 18.9 Å². The summed E-state index contributed by atoms with van der Waals surface area (Å²) in [5.41, 5.74) is 0.685. The number of aliphatic carboxylic acids is 1. The predicted molar refractivity (Wildman–Crippen MR) is 100 cm³/mol. The van der Waals surface area contributed by atoms with Crippen LogP contribution in [0, 0.1) is 0 Å². The van der Waals surface area contributed by atoms with Crippen LogP contribution in [0.1, 0.15) is 26.2 Å². The van der Waals surface area contributed by atoms with Gasteiger partial charge in [-0.2, -0.15) is 0 Å². The molecule has 1 amide bonds. The van der Waals surface area contributed by atoms with Gasteiger partial charge >= 0.3 is 5.97 Å². The van der Waals surface area contributed by atoms with E-state index in [0.29, 0.717) is 17.2 Å². The van der Waals surface area contributed by atoms with Crippen molar-refractivity contribution in [1.29, 1.82) is 0 Å². The predicted octanol–water partition coefficient (Wildman–Crippen LogP) is 1.61. The third kappa shape index (κ3) is 4.90. The number of carboxylic acid groups (broad SMARTS) is 1. The van der Waals surface area contributed by atoms with Gasteiger partial charge in [-0.1, -0.05) is 0 Å². The molecule has 0 aromatic heterocycles. The first-order chi connectivity index (χ1) is 12.9. The molecular formula is C19H27N3O5. The van der Waals surface area contributed by atoms with Gasteiger partial charge in [0.2, 0.25) is 12.7 Å². The Morgan fingerprint density at radius 2 is 2.07 bits per heavy atom. The van der Waals surface area contributed by atoms with E-state index in [9.17, 15) is 9.59 Å². The van der Waals surface area contributed by atoms with Crippen molar-refractivity contribution in [3.63, 3.8) is 0 Å². The summed E-state index contributed by atoms with van der Waals surface area (Å²) in [7, 11) is 1.85. The van der Waals surface area contributed by atoms with Crippen LogP contribution in [0.25, 0.3) is 0 Å². The first-order valence-corrected chi connectivity index (χ1v) is 9.30. The number of fused-ring (bicyclic) bond motifs is 1. The zero-order valence-corrected chi connectivity index (χ0v) is 15.8. The quantitative estimate of drug-likeness (QED) is 0.778.